The fourth-order valence-electron chi connectivity index (χ4n) is 1.52. The van der Waals surface area contributed by atoms with Crippen molar-refractivity contribution in [3.8, 4) is 0 Å². The van der Waals surface area contributed by atoms with E-state index in [0.717, 1.165) is 12.1 Å². The quantitative estimate of drug-likeness (QED) is 0.816. The largest absolute Gasteiger partial charge is 0.419 e. The smallest absolute Gasteiger partial charge is 0.330 e. The summed E-state index contributed by atoms with van der Waals surface area (Å²) in [4.78, 5) is 0. The van der Waals surface area contributed by atoms with Crippen molar-refractivity contribution in [3.63, 3.8) is 0 Å². The second-order valence-electron chi connectivity index (χ2n) is 4.86. The van der Waals surface area contributed by atoms with Crippen LogP contribution in [0.3, 0.4) is 0 Å². The molecule has 1 rings (SSSR count). The Labute approximate surface area is 97.6 Å². The maximum Gasteiger partial charge on any atom is 0.419 e. The van der Waals surface area contributed by atoms with Crippen LogP contribution in [-0.2, 0) is 12.6 Å². The Morgan fingerprint density at radius 3 is 2.18 bits per heavy atom. The summed E-state index contributed by atoms with van der Waals surface area (Å²) in [7, 11) is 0. The molecule has 0 atom stereocenters. The molecule has 96 valence electrons. The Kier molecular flexibility index (Phi) is 3.81. The van der Waals surface area contributed by atoms with Gasteiger partial charge in [0.15, 0.2) is 0 Å². The lowest BCUT2D eigenvalue weighted by Crippen LogP contribution is -2.26. The van der Waals surface area contributed by atoms with Crippen LogP contribution in [0.4, 0.5) is 17.6 Å². The summed E-state index contributed by atoms with van der Waals surface area (Å²) in [5.74, 6) is -1.23. The van der Waals surface area contributed by atoms with Crippen molar-refractivity contribution in [1.29, 1.82) is 0 Å². The summed E-state index contributed by atoms with van der Waals surface area (Å²) >= 11 is 0. The van der Waals surface area contributed by atoms with Gasteiger partial charge >= 0.3 is 6.18 Å². The Morgan fingerprint density at radius 1 is 1.18 bits per heavy atom. The number of alkyl halides is 3. The summed E-state index contributed by atoms with van der Waals surface area (Å²) in [5.41, 5.74) is 4.55. The molecule has 0 amide bonds. The fourth-order valence-corrected chi connectivity index (χ4v) is 1.52. The molecule has 1 aromatic rings. The van der Waals surface area contributed by atoms with Gasteiger partial charge in [0.2, 0.25) is 0 Å². The zero-order chi connectivity index (χ0) is 13.3. The predicted molar refractivity (Wildman–Crippen MR) is 57.9 cm³/mol. The highest BCUT2D eigenvalue weighted by atomic mass is 19.4. The molecule has 0 aliphatic rings. The molecule has 0 fully saturated rings. The van der Waals surface area contributed by atoms with E-state index in [1.54, 1.807) is 0 Å². The van der Waals surface area contributed by atoms with Crippen molar-refractivity contribution < 1.29 is 17.6 Å². The number of nitrogens with two attached hydrogens (primary N) is 1. The second-order valence-corrected chi connectivity index (χ2v) is 4.86. The van der Waals surface area contributed by atoms with E-state index < -0.39 is 17.6 Å². The maximum absolute atomic E-state index is 13.3. The van der Waals surface area contributed by atoms with Gasteiger partial charge in [-0.15, -0.1) is 0 Å². The Morgan fingerprint density at radius 2 is 1.76 bits per heavy atom. The van der Waals surface area contributed by atoms with Crippen LogP contribution in [0.2, 0.25) is 0 Å². The first-order chi connectivity index (χ1) is 7.65. The molecular formula is C12H15F4N. The van der Waals surface area contributed by atoms with Gasteiger partial charge in [-0.1, -0.05) is 19.9 Å². The third kappa shape index (κ3) is 3.70. The van der Waals surface area contributed by atoms with Crippen LogP contribution in [0.25, 0.3) is 0 Å². The fraction of sp³-hybridized carbons (Fsp3) is 0.500. The molecular weight excluding hydrogens is 234 g/mol. The van der Waals surface area contributed by atoms with Gasteiger partial charge in [0.05, 0.1) is 5.56 Å². The van der Waals surface area contributed by atoms with Crippen molar-refractivity contribution >= 4 is 0 Å². The molecule has 1 aromatic carbocycles. The highest BCUT2D eigenvalue weighted by Crippen LogP contribution is 2.32. The summed E-state index contributed by atoms with van der Waals surface area (Å²) < 4.78 is 50.2. The monoisotopic (exact) mass is 249 g/mol. The van der Waals surface area contributed by atoms with Crippen LogP contribution in [0.1, 0.15) is 25.0 Å². The minimum Gasteiger partial charge on any atom is -0.330 e. The van der Waals surface area contributed by atoms with Crippen LogP contribution in [0.15, 0.2) is 18.2 Å². The molecule has 0 radical (unpaired) electrons. The zero-order valence-corrected chi connectivity index (χ0v) is 9.74. The first-order valence-electron chi connectivity index (χ1n) is 5.21. The summed E-state index contributed by atoms with van der Waals surface area (Å²) in [6.07, 6.45) is -4.20. The summed E-state index contributed by atoms with van der Waals surface area (Å²) in [6.45, 7) is 4.14. The number of benzene rings is 1. The minimum absolute atomic E-state index is 0.258. The van der Waals surface area contributed by atoms with Gasteiger partial charge in [-0.05, 0) is 36.1 Å². The SMILES string of the molecule is CC(C)(CN)Cc1ccc(C(F)(F)F)c(F)c1. The molecule has 0 aliphatic carbocycles. The van der Waals surface area contributed by atoms with Crippen LogP contribution in [0, 0.1) is 11.2 Å². The van der Waals surface area contributed by atoms with Crippen molar-refractivity contribution in [2.45, 2.75) is 26.4 Å². The van der Waals surface area contributed by atoms with Crippen LogP contribution < -0.4 is 5.73 Å². The van der Waals surface area contributed by atoms with Crippen LogP contribution in [0.5, 0.6) is 0 Å². The van der Waals surface area contributed by atoms with Crippen molar-refractivity contribution in [2.24, 2.45) is 11.1 Å². The van der Waals surface area contributed by atoms with Gasteiger partial charge in [0.25, 0.3) is 0 Å². The van der Waals surface area contributed by atoms with Gasteiger partial charge in [0, 0.05) is 0 Å². The van der Waals surface area contributed by atoms with E-state index in [1.165, 1.54) is 6.07 Å². The van der Waals surface area contributed by atoms with E-state index in [9.17, 15) is 17.6 Å². The summed E-state index contributed by atoms with van der Waals surface area (Å²) in [5, 5.41) is 0. The lowest BCUT2D eigenvalue weighted by Gasteiger charge is -2.22. The standard InChI is InChI=1S/C12H15F4N/c1-11(2,7-17)6-8-3-4-9(10(13)5-8)12(14,15)16/h3-5H,6-7,17H2,1-2H3. The third-order valence-electron chi connectivity index (χ3n) is 2.57. The van der Waals surface area contributed by atoms with E-state index in [1.807, 2.05) is 13.8 Å². The van der Waals surface area contributed by atoms with E-state index in [4.69, 9.17) is 5.73 Å². The Balaban J connectivity index is 2.98. The maximum atomic E-state index is 13.3. The lowest BCUT2D eigenvalue weighted by molar-refractivity contribution is -0.140. The molecule has 0 heterocycles. The van der Waals surface area contributed by atoms with Gasteiger partial charge in [0.1, 0.15) is 5.82 Å². The molecule has 0 bridgehead atoms. The topological polar surface area (TPSA) is 26.0 Å². The molecule has 2 N–H and O–H groups in total. The predicted octanol–water partition coefficient (Wildman–Crippen LogP) is 3.37. The third-order valence-corrected chi connectivity index (χ3v) is 2.57. The normalized spacial score (nSPS) is 12.9. The molecule has 0 spiro atoms. The molecule has 0 aromatic heterocycles. The molecule has 1 nitrogen and oxygen atoms in total. The van der Waals surface area contributed by atoms with Gasteiger partial charge in [-0.2, -0.15) is 13.2 Å². The van der Waals surface area contributed by atoms with Crippen LogP contribution in [-0.4, -0.2) is 6.54 Å². The summed E-state index contributed by atoms with van der Waals surface area (Å²) in [6, 6.07) is 3.00. The molecule has 0 unspecified atom stereocenters. The van der Waals surface area contributed by atoms with Crippen LogP contribution >= 0.6 is 0 Å². The lowest BCUT2D eigenvalue weighted by atomic mass is 9.86. The first-order valence-corrected chi connectivity index (χ1v) is 5.21. The van der Waals surface area contributed by atoms with Crippen molar-refractivity contribution in [2.75, 3.05) is 6.54 Å². The van der Waals surface area contributed by atoms with Gasteiger partial charge in [-0.3, -0.25) is 0 Å². The number of rotatable bonds is 3. The van der Waals surface area contributed by atoms with E-state index in [-0.39, 0.29) is 5.41 Å². The molecule has 5 heteroatoms. The van der Waals surface area contributed by atoms with E-state index in [2.05, 4.69) is 0 Å². The molecule has 17 heavy (non-hydrogen) atoms. The molecule has 0 saturated heterocycles. The van der Waals surface area contributed by atoms with Gasteiger partial charge < -0.3 is 5.73 Å². The average molecular weight is 249 g/mol. The highest BCUT2D eigenvalue weighted by molar-refractivity contribution is 5.27. The Bertz CT molecular complexity index is 396. The van der Waals surface area contributed by atoms with E-state index >= 15 is 0 Å². The minimum atomic E-state index is -4.65. The van der Waals surface area contributed by atoms with Crippen molar-refractivity contribution in [3.05, 3.63) is 35.1 Å². The molecule has 0 saturated carbocycles. The van der Waals surface area contributed by atoms with Crippen molar-refractivity contribution in [1.82, 2.24) is 0 Å². The number of halogens is 4. The number of hydrogen-bond acceptors (Lipinski definition) is 1. The average Bonchev–Trinajstić information content (AvgIpc) is 2.15. The molecule has 0 aliphatic heterocycles. The first kappa shape index (κ1) is 14.0. The van der Waals surface area contributed by atoms with E-state index in [0.29, 0.717) is 18.5 Å². The van der Waals surface area contributed by atoms with Gasteiger partial charge in [-0.25, -0.2) is 4.39 Å². The zero-order valence-electron chi connectivity index (χ0n) is 9.74. The second kappa shape index (κ2) is 4.64. The highest BCUT2D eigenvalue weighted by Gasteiger charge is 2.34. The Hall–Kier alpha value is -1.10. The number of hydrogen-bond donors (Lipinski definition) is 1.